The first-order valence-electron chi connectivity index (χ1n) is 9.68. The van der Waals surface area contributed by atoms with Crippen LogP contribution in [0.1, 0.15) is 0 Å². The van der Waals surface area contributed by atoms with Crippen molar-refractivity contribution >= 4 is 38.5 Å². The monoisotopic (exact) mass is 464 g/mol. The number of aromatic nitrogens is 2. The molecule has 33 heavy (non-hydrogen) atoms. The van der Waals surface area contributed by atoms with Crippen molar-refractivity contribution in [2.75, 3.05) is 12.4 Å². The van der Waals surface area contributed by atoms with Crippen LogP contribution in [0.15, 0.2) is 86.9 Å². The van der Waals surface area contributed by atoms with Gasteiger partial charge in [-0.05, 0) is 60.7 Å². The number of fused-ring (bicyclic) bond motifs is 1. The van der Waals surface area contributed by atoms with E-state index >= 15 is 0 Å². The van der Waals surface area contributed by atoms with Gasteiger partial charge in [-0.25, -0.2) is 9.55 Å². The third kappa shape index (κ3) is 4.48. The predicted octanol–water partition coefficient (Wildman–Crippen LogP) is 2.10. The third-order valence-corrected chi connectivity index (χ3v) is 6.06. The number of benzene rings is 3. The number of nitrogens with two attached hydrogens (primary N) is 2. The minimum Gasteiger partial charge on any atom is -0.497 e. The van der Waals surface area contributed by atoms with E-state index in [1.165, 1.54) is 28.8 Å². The van der Waals surface area contributed by atoms with E-state index in [4.69, 9.17) is 16.2 Å². The molecule has 0 saturated carbocycles. The van der Waals surface area contributed by atoms with Gasteiger partial charge in [-0.15, -0.1) is 4.40 Å². The molecular weight excluding hydrogens is 444 g/mol. The van der Waals surface area contributed by atoms with Gasteiger partial charge in [-0.3, -0.25) is 4.79 Å². The maximum absolute atomic E-state index is 13.3. The van der Waals surface area contributed by atoms with Gasteiger partial charge < -0.3 is 21.5 Å². The summed E-state index contributed by atoms with van der Waals surface area (Å²) < 4.78 is 34.2. The minimum atomic E-state index is -4.01. The van der Waals surface area contributed by atoms with Crippen LogP contribution in [-0.4, -0.2) is 31.0 Å². The molecule has 3 aromatic carbocycles. The van der Waals surface area contributed by atoms with E-state index in [2.05, 4.69) is 14.7 Å². The molecule has 0 fully saturated rings. The summed E-state index contributed by atoms with van der Waals surface area (Å²) in [7, 11) is -2.46. The molecule has 0 unspecified atom stereocenters. The second-order valence-corrected chi connectivity index (χ2v) is 8.54. The molecule has 0 bridgehead atoms. The Kier molecular flexibility index (Phi) is 5.71. The Hall–Kier alpha value is -4.38. The number of guanidine groups is 1. The molecule has 4 rings (SSSR count). The van der Waals surface area contributed by atoms with Gasteiger partial charge in [0, 0.05) is 5.69 Å². The highest BCUT2D eigenvalue weighted by molar-refractivity contribution is 7.90. The highest BCUT2D eigenvalue weighted by atomic mass is 32.2. The average Bonchev–Trinajstić information content (AvgIpc) is 2.79. The second kappa shape index (κ2) is 8.63. The number of ether oxygens (including phenoxy) is 1. The van der Waals surface area contributed by atoms with Crippen molar-refractivity contribution in [3.05, 3.63) is 83.2 Å². The van der Waals surface area contributed by atoms with Gasteiger partial charge >= 0.3 is 0 Å². The molecule has 1 heterocycles. The molecule has 0 atom stereocenters. The van der Waals surface area contributed by atoms with Crippen LogP contribution < -0.4 is 27.1 Å². The molecule has 0 aliphatic rings. The highest BCUT2D eigenvalue weighted by Crippen LogP contribution is 2.23. The fourth-order valence-corrected chi connectivity index (χ4v) is 4.08. The van der Waals surface area contributed by atoms with Crippen molar-refractivity contribution in [2.45, 2.75) is 4.90 Å². The van der Waals surface area contributed by atoms with Crippen LogP contribution >= 0.6 is 0 Å². The van der Waals surface area contributed by atoms with Crippen molar-refractivity contribution in [3.8, 4) is 11.4 Å². The predicted molar refractivity (Wildman–Crippen MR) is 127 cm³/mol. The van der Waals surface area contributed by atoms with E-state index in [1.807, 2.05) is 0 Å². The molecule has 1 aromatic heterocycles. The number of anilines is 2. The zero-order valence-corrected chi connectivity index (χ0v) is 18.3. The molecule has 0 radical (unpaired) electrons. The van der Waals surface area contributed by atoms with Crippen LogP contribution in [0.25, 0.3) is 16.6 Å². The van der Waals surface area contributed by atoms with E-state index in [0.717, 1.165) is 0 Å². The highest BCUT2D eigenvalue weighted by Gasteiger charge is 2.15. The average molecular weight is 465 g/mol. The standard InChI is InChI=1S/C22H20N6O4S/c1-32-16-10-8-15(9-11-16)28-20(29)18-4-2-3-5-19(18)26-22(28)25-14-6-12-17(13-7-14)33(30,31)27-21(23)24/h2-13H,1H3,(H,25,26)(H4,23,24,27). The molecular formula is C22H20N6O4S. The van der Waals surface area contributed by atoms with Crippen LogP contribution in [0, 0.1) is 0 Å². The number of sulfonamides is 1. The normalized spacial score (nSPS) is 11.2. The summed E-state index contributed by atoms with van der Waals surface area (Å²) in [6, 6.07) is 19.7. The van der Waals surface area contributed by atoms with Crippen molar-refractivity contribution in [2.24, 2.45) is 15.9 Å². The van der Waals surface area contributed by atoms with E-state index in [0.29, 0.717) is 28.0 Å². The van der Waals surface area contributed by atoms with E-state index in [9.17, 15) is 13.2 Å². The molecule has 0 saturated heterocycles. The van der Waals surface area contributed by atoms with Crippen LogP contribution in [0.3, 0.4) is 0 Å². The Bertz CT molecular complexity index is 1510. The van der Waals surface area contributed by atoms with Crippen LogP contribution in [0.2, 0.25) is 0 Å². The van der Waals surface area contributed by atoms with Gasteiger partial charge in [0.1, 0.15) is 5.75 Å². The largest absolute Gasteiger partial charge is 0.497 e. The van der Waals surface area contributed by atoms with Gasteiger partial charge in [-0.1, -0.05) is 12.1 Å². The van der Waals surface area contributed by atoms with Gasteiger partial charge in [0.25, 0.3) is 15.6 Å². The topological polar surface area (TPSA) is 155 Å². The van der Waals surface area contributed by atoms with Crippen LogP contribution in [0.5, 0.6) is 5.75 Å². The zero-order chi connectivity index (χ0) is 23.6. The Morgan fingerprint density at radius 2 is 1.67 bits per heavy atom. The summed E-state index contributed by atoms with van der Waals surface area (Å²) in [5.74, 6) is 0.345. The number of methoxy groups -OCH3 is 1. The lowest BCUT2D eigenvalue weighted by Gasteiger charge is -2.15. The Balaban J connectivity index is 1.80. The lowest BCUT2D eigenvalue weighted by atomic mass is 10.2. The molecule has 0 amide bonds. The van der Waals surface area contributed by atoms with Crippen LogP contribution in [-0.2, 0) is 10.0 Å². The Morgan fingerprint density at radius 3 is 2.30 bits per heavy atom. The molecule has 168 valence electrons. The smallest absolute Gasteiger partial charge is 0.285 e. The number of nitrogens with zero attached hydrogens (tertiary/aromatic N) is 3. The Morgan fingerprint density at radius 1 is 1.00 bits per heavy atom. The van der Waals surface area contributed by atoms with Crippen LogP contribution in [0.4, 0.5) is 11.6 Å². The fourth-order valence-electron chi connectivity index (χ4n) is 3.22. The van der Waals surface area contributed by atoms with Crippen molar-refractivity contribution in [1.29, 1.82) is 0 Å². The summed E-state index contributed by atoms with van der Waals surface area (Å²) >= 11 is 0. The molecule has 11 heteroatoms. The number of hydrogen-bond acceptors (Lipinski definition) is 6. The number of rotatable bonds is 6. The van der Waals surface area contributed by atoms with Gasteiger partial charge in [0.15, 0.2) is 0 Å². The molecule has 4 aromatic rings. The molecule has 0 aliphatic heterocycles. The summed E-state index contributed by atoms with van der Waals surface area (Å²) in [5, 5.41) is 3.55. The first-order chi connectivity index (χ1) is 15.8. The maximum Gasteiger partial charge on any atom is 0.285 e. The summed E-state index contributed by atoms with van der Waals surface area (Å²) in [5.41, 5.74) is 11.7. The zero-order valence-electron chi connectivity index (χ0n) is 17.5. The van der Waals surface area contributed by atoms with E-state index < -0.39 is 16.0 Å². The molecule has 10 nitrogen and oxygen atoms in total. The molecule has 0 aliphatic carbocycles. The first kappa shape index (κ1) is 21.8. The second-order valence-electron chi connectivity index (χ2n) is 6.93. The summed E-state index contributed by atoms with van der Waals surface area (Å²) in [6.07, 6.45) is 0. The van der Waals surface area contributed by atoms with Crippen molar-refractivity contribution in [3.63, 3.8) is 0 Å². The third-order valence-electron chi connectivity index (χ3n) is 4.74. The maximum atomic E-state index is 13.3. The fraction of sp³-hybridized carbons (Fsp3) is 0.0455. The quantitative estimate of drug-likeness (QED) is 0.289. The van der Waals surface area contributed by atoms with Crippen molar-refractivity contribution < 1.29 is 13.2 Å². The van der Waals surface area contributed by atoms with Gasteiger partial charge in [0.2, 0.25) is 11.9 Å². The van der Waals surface area contributed by atoms with Crippen molar-refractivity contribution in [1.82, 2.24) is 9.55 Å². The summed E-state index contributed by atoms with van der Waals surface area (Å²) in [4.78, 5) is 17.8. The number of nitrogens with one attached hydrogen (secondary N) is 1. The SMILES string of the molecule is COc1ccc(-n2c(Nc3ccc(S(=O)(=O)N=C(N)N)cc3)nc3ccccc3c2=O)cc1. The number of para-hydroxylation sites is 1. The van der Waals surface area contributed by atoms with E-state index in [-0.39, 0.29) is 16.4 Å². The summed E-state index contributed by atoms with van der Waals surface area (Å²) in [6.45, 7) is 0. The molecule has 5 N–H and O–H groups in total. The molecule has 0 spiro atoms. The lowest BCUT2D eigenvalue weighted by Crippen LogP contribution is -2.24. The first-order valence-corrected chi connectivity index (χ1v) is 11.1. The Labute approximate surface area is 189 Å². The van der Waals surface area contributed by atoms with E-state index in [1.54, 1.807) is 55.6 Å². The minimum absolute atomic E-state index is 0.0829. The lowest BCUT2D eigenvalue weighted by molar-refractivity contribution is 0.414. The number of hydrogen-bond donors (Lipinski definition) is 3. The van der Waals surface area contributed by atoms with Gasteiger partial charge in [-0.2, -0.15) is 8.42 Å². The van der Waals surface area contributed by atoms with Gasteiger partial charge in [0.05, 0.1) is 28.6 Å².